The minimum Gasteiger partial charge on any atom is -0.330 e. The van der Waals surface area contributed by atoms with Gasteiger partial charge >= 0.3 is 0 Å². The van der Waals surface area contributed by atoms with Crippen LogP contribution in [0.2, 0.25) is 0 Å². The van der Waals surface area contributed by atoms with Crippen LogP contribution in [-0.2, 0) is 0 Å². The lowest BCUT2D eigenvalue weighted by Crippen LogP contribution is -2.21. The lowest BCUT2D eigenvalue weighted by atomic mass is 9.78. The van der Waals surface area contributed by atoms with Crippen LogP contribution in [0.25, 0.3) is 0 Å². The van der Waals surface area contributed by atoms with Gasteiger partial charge in [0.2, 0.25) is 0 Å². The first-order valence-electron chi connectivity index (χ1n) is 5.46. The minimum atomic E-state index is 0.366. The van der Waals surface area contributed by atoms with Crippen LogP contribution in [0.3, 0.4) is 0 Å². The standard InChI is InChI=1S/C11H18N2/c12-5-1-2-10-8-3-4-9(6-8)11(10)7-13/h8-11H,1-6,12H2. The Morgan fingerprint density at radius 1 is 1.31 bits per heavy atom. The maximum Gasteiger partial charge on any atom is 0.0661 e. The molecule has 0 aromatic carbocycles. The van der Waals surface area contributed by atoms with E-state index in [1.807, 2.05) is 0 Å². The number of hydrogen-bond donors (Lipinski definition) is 1. The molecule has 0 aromatic heterocycles. The fraction of sp³-hybridized carbons (Fsp3) is 0.909. The topological polar surface area (TPSA) is 49.8 Å². The van der Waals surface area contributed by atoms with Crippen LogP contribution in [0.4, 0.5) is 0 Å². The molecule has 2 rings (SSSR count). The highest BCUT2D eigenvalue weighted by Gasteiger charge is 2.46. The van der Waals surface area contributed by atoms with Crippen LogP contribution in [-0.4, -0.2) is 6.54 Å². The van der Waals surface area contributed by atoms with Gasteiger partial charge in [-0.05, 0) is 56.4 Å². The van der Waals surface area contributed by atoms with Crippen LogP contribution in [0.5, 0.6) is 0 Å². The molecule has 0 spiro atoms. The Morgan fingerprint density at radius 3 is 2.77 bits per heavy atom. The maximum absolute atomic E-state index is 9.08. The summed E-state index contributed by atoms with van der Waals surface area (Å²) in [6.07, 6.45) is 6.30. The Morgan fingerprint density at radius 2 is 2.08 bits per heavy atom. The van der Waals surface area contributed by atoms with E-state index in [4.69, 9.17) is 11.0 Å². The van der Waals surface area contributed by atoms with Gasteiger partial charge in [-0.3, -0.25) is 0 Å². The van der Waals surface area contributed by atoms with Crippen molar-refractivity contribution in [3.8, 4) is 6.07 Å². The summed E-state index contributed by atoms with van der Waals surface area (Å²) in [7, 11) is 0. The van der Waals surface area contributed by atoms with Crippen molar-refractivity contribution in [1.29, 1.82) is 5.26 Å². The van der Waals surface area contributed by atoms with E-state index < -0.39 is 0 Å². The van der Waals surface area contributed by atoms with E-state index in [9.17, 15) is 0 Å². The van der Waals surface area contributed by atoms with Crippen molar-refractivity contribution < 1.29 is 0 Å². The van der Waals surface area contributed by atoms with Crippen molar-refractivity contribution in [1.82, 2.24) is 0 Å². The lowest BCUT2D eigenvalue weighted by Gasteiger charge is -2.25. The first-order valence-corrected chi connectivity index (χ1v) is 5.46. The molecule has 0 heterocycles. The summed E-state index contributed by atoms with van der Waals surface area (Å²) in [5.41, 5.74) is 5.51. The van der Waals surface area contributed by atoms with E-state index in [0.29, 0.717) is 11.8 Å². The largest absolute Gasteiger partial charge is 0.330 e. The summed E-state index contributed by atoms with van der Waals surface area (Å²) in [5, 5.41) is 9.08. The van der Waals surface area contributed by atoms with Crippen LogP contribution in [0, 0.1) is 35.0 Å². The number of nitrogens with two attached hydrogens (primary N) is 1. The van der Waals surface area contributed by atoms with Gasteiger partial charge in [0.05, 0.1) is 12.0 Å². The number of hydrogen-bond acceptors (Lipinski definition) is 2. The normalized spacial score (nSPS) is 42.2. The third-order valence-corrected chi connectivity index (χ3v) is 3.98. The highest BCUT2D eigenvalue weighted by Crippen LogP contribution is 2.53. The molecule has 2 heteroatoms. The van der Waals surface area contributed by atoms with Gasteiger partial charge in [0.1, 0.15) is 0 Å². The molecule has 0 aromatic rings. The second kappa shape index (κ2) is 3.67. The third-order valence-electron chi connectivity index (χ3n) is 3.98. The first-order chi connectivity index (χ1) is 6.36. The van der Waals surface area contributed by atoms with Crippen molar-refractivity contribution in [2.75, 3.05) is 6.54 Å². The number of rotatable bonds is 3. The molecule has 0 radical (unpaired) electrons. The average Bonchev–Trinajstić information content (AvgIpc) is 2.73. The van der Waals surface area contributed by atoms with Crippen LogP contribution in [0.15, 0.2) is 0 Å². The first kappa shape index (κ1) is 9.02. The average molecular weight is 178 g/mol. The Kier molecular flexibility index (Phi) is 2.55. The predicted molar refractivity (Wildman–Crippen MR) is 51.7 cm³/mol. The molecule has 2 saturated carbocycles. The van der Waals surface area contributed by atoms with Gasteiger partial charge in [0, 0.05) is 0 Å². The van der Waals surface area contributed by atoms with E-state index in [1.54, 1.807) is 0 Å². The van der Waals surface area contributed by atoms with Gasteiger partial charge in [-0.1, -0.05) is 0 Å². The number of fused-ring (bicyclic) bond motifs is 2. The van der Waals surface area contributed by atoms with Gasteiger partial charge in [-0.25, -0.2) is 0 Å². The number of nitrogens with zero attached hydrogens (tertiary/aromatic N) is 1. The molecule has 2 aliphatic carbocycles. The summed E-state index contributed by atoms with van der Waals surface area (Å²) in [5.74, 6) is 2.65. The molecule has 72 valence electrons. The van der Waals surface area contributed by atoms with Crippen molar-refractivity contribution in [3.63, 3.8) is 0 Å². The molecular formula is C11H18N2. The molecule has 2 bridgehead atoms. The van der Waals surface area contributed by atoms with Crippen molar-refractivity contribution in [3.05, 3.63) is 0 Å². The highest BCUT2D eigenvalue weighted by molar-refractivity contribution is 5.04. The highest BCUT2D eigenvalue weighted by atomic mass is 14.5. The second-order valence-electron chi connectivity index (χ2n) is 4.58. The molecule has 0 amide bonds. The molecule has 2 nitrogen and oxygen atoms in total. The predicted octanol–water partition coefficient (Wildman–Crippen LogP) is 1.91. The fourth-order valence-electron chi connectivity index (χ4n) is 3.38. The summed E-state index contributed by atoms with van der Waals surface area (Å²) in [6.45, 7) is 0.784. The molecule has 2 fully saturated rings. The summed E-state index contributed by atoms with van der Waals surface area (Å²) >= 11 is 0. The molecule has 2 N–H and O–H groups in total. The molecule has 4 unspecified atom stereocenters. The van der Waals surface area contributed by atoms with Crippen molar-refractivity contribution in [2.24, 2.45) is 29.4 Å². The Labute approximate surface area is 80.1 Å². The monoisotopic (exact) mass is 178 g/mol. The summed E-state index contributed by atoms with van der Waals surface area (Å²) in [4.78, 5) is 0. The Bertz CT molecular complexity index is 219. The molecule has 2 aliphatic rings. The van der Waals surface area contributed by atoms with Crippen LogP contribution >= 0.6 is 0 Å². The SMILES string of the molecule is N#CC1C2CCC(C2)C1CCCN. The molecule has 0 saturated heterocycles. The van der Waals surface area contributed by atoms with Gasteiger partial charge in [0.25, 0.3) is 0 Å². The van der Waals surface area contributed by atoms with E-state index in [2.05, 4.69) is 6.07 Å². The van der Waals surface area contributed by atoms with Gasteiger partial charge in [-0.2, -0.15) is 5.26 Å². The van der Waals surface area contributed by atoms with E-state index in [1.165, 1.54) is 25.7 Å². The lowest BCUT2D eigenvalue weighted by molar-refractivity contribution is 0.253. The zero-order chi connectivity index (χ0) is 9.26. The van der Waals surface area contributed by atoms with E-state index >= 15 is 0 Å². The third kappa shape index (κ3) is 1.46. The van der Waals surface area contributed by atoms with Crippen molar-refractivity contribution >= 4 is 0 Å². The smallest absolute Gasteiger partial charge is 0.0661 e. The summed E-state index contributed by atoms with van der Waals surface area (Å²) < 4.78 is 0. The molecular weight excluding hydrogens is 160 g/mol. The molecule has 4 atom stereocenters. The summed E-state index contributed by atoms with van der Waals surface area (Å²) in [6, 6.07) is 2.51. The zero-order valence-corrected chi connectivity index (χ0v) is 8.08. The van der Waals surface area contributed by atoms with E-state index in [0.717, 1.165) is 24.8 Å². The molecule has 13 heavy (non-hydrogen) atoms. The quantitative estimate of drug-likeness (QED) is 0.717. The van der Waals surface area contributed by atoms with Crippen LogP contribution in [0.1, 0.15) is 32.1 Å². The van der Waals surface area contributed by atoms with Crippen LogP contribution < -0.4 is 5.73 Å². The molecule has 0 aliphatic heterocycles. The van der Waals surface area contributed by atoms with Crippen molar-refractivity contribution in [2.45, 2.75) is 32.1 Å². The second-order valence-corrected chi connectivity index (χ2v) is 4.58. The Hall–Kier alpha value is -0.550. The Balaban J connectivity index is 1.97. The van der Waals surface area contributed by atoms with Gasteiger partial charge < -0.3 is 5.73 Å². The van der Waals surface area contributed by atoms with E-state index in [-0.39, 0.29) is 0 Å². The maximum atomic E-state index is 9.08. The van der Waals surface area contributed by atoms with Gasteiger partial charge in [0.15, 0.2) is 0 Å². The number of nitriles is 1. The minimum absolute atomic E-state index is 0.366. The van der Waals surface area contributed by atoms with Gasteiger partial charge in [-0.15, -0.1) is 0 Å². The zero-order valence-electron chi connectivity index (χ0n) is 8.08. The fourth-order valence-corrected chi connectivity index (χ4v) is 3.38.